The van der Waals surface area contributed by atoms with Crippen LogP contribution in [0.3, 0.4) is 0 Å². The fraction of sp³-hybridized carbons (Fsp3) is 0.455. The summed E-state index contributed by atoms with van der Waals surface area (Å²) in [5.74, 6) is 0. The van der Waals surface area contributed by atoms with Crippen molar-refractivity contribution in [2.24, 2.45) is 0 Å². The van der Waals surface area contributed by atoms with E-state index in [9.17, 15) is 0 Å². The zero-order chi connectivity index (χ0) is 9.10. The van der Waals surface area contributed by atoms with Crippen LogP contribution < -0.4 is 5.32 Å². The molecule has 0 saturated carbocycles. The first kappa shape index (κ1) is 12.0. The van der Waals surface area contributed by atoms with Crippen molar-refractivity contribution in [3.05, 3.63) is 34.3 Å². The van der Waals surface area contributed by atoms with Gasteiger partial charge in [0, 0.05) is 10.5 Å². The largest absolute Gasteiger partial charge is 0.310 e. The molecule has 78 valence electrons. The molecule has 3 heteroatoms. The smallest absolute Gasteiger partial charge is 0.0320 e. The van der Waals surface area contributed by atoms with Crippen molar-refractivity contribution in [1.82, 2.24) is 5.32 Å². The van der Waals surface area contributed by atoms with E-state index in [2.05, 4.69) is 45.5 Å². The summed E-state index contributed by atoms with van der Waals surface area (Å²) in [5, 5.41) is 3.54. The van der Waals surface area contributed by atoms with E-state index in [0.717, 1.165) is 4.47 Å². The number of piperidine rings is 1. The summed E-state index contributed by atoms with van der Waals surface area (Å²) in [6.45, 7) is 1.17. The van der Waals surface area contributed by atoms with Crippen LogP contribution in [0, 0.1) is 0 Å². The lowest BCUT2D eigenvalue weighted by atomic mass is 9.98. The summed E-state index contributed by atoms with van der Waals surface area (Å²) in [5.41, 5.74) is 1.42. The number of hydrogen-bond acceptors (Lipinski definition) is 1. The van der Waals surface area contributed by atoms with E-state index in [1.807, 2.05) is 0 Å². The maximum Gasteiger partial charge on any atom is 0.0320 e. The fourth-order valence-corrected chi connectivity index (χ4v) is 2.10. The molecule has 0 radical (unpaired) electrons. The van der Waals surface area contributed by atoms with E-state index in [-0.39, 0.29) is 12.4 Å². The van der Waals surface area contributed by atoms with Crippen LogP contribution >= 0.6 is 28.3 Å². The number of rotatable bonds is 1. The molecule has 1 aromatic carbocycles. The SMILES string of the molecule is Brc1ccc(C2CCCCN2)cc1.Cl. The predicted molar refractivity (Wildman–Crippen MR) is 66.0 cm³/mol. The Morgan fingerprint density at radius 2 is 1.86 bits per heavy atom. The molecular formula is C11H15BrClN. The highest BCUT2D eigenvalue weighted by molar-refractivity contribution is 9.10. The first-order valence-corrected chi connectivity index (χ1v) is 5.64. The van der Waals surface area contributed by atoms with Gasteiger partial charge in [0.2, 0.25) is 0 Å². The third kappa shape index (κ3) is 2.97. The standard InChI is InChI=1S/C11H14BrN.ClH/c12-10-6-4-9(5-7-10)11-3-1-2-8-13-11;/h4-7,11,13H,1-3,8H2;1H. The van der Waals surface area contributed by atoms with Gasteiger partial charge in [-0.2, -0.15) is 0 Å². The van der Waals surface area contributed by atoms with Gasteiger partial charge in [-0.3, -0.25) is 0 Å². The van der Waals surface area contributed by atoms with E-state index in [1.54, 1.807) is 0 Å². The molecule has 0 amide bonds. The second-order valence-electron chi connectivity index (χ2n) is 3.55. The lowest BCUT2D eigenvalue weighted by molar-refractivity contribution is 0.412. The Labute approximate surface area is 99.8 Å². The maximum absolute atomic E-state index is 3.54. The lowest BCUT2D eigenvalue weighted by Gasteiger charge is -2.23. The van der Waals surface area contributed by atoms with Gasteiger partial charge < -0.3 is 5.32 Å². The van der Waals surface area contributed by atoms with Gasteiger partial charge in [0.1, 0.15) is 0 Å². The molecule has 1 fully saturated rings. The van der Waals surface area contributed by atoms with Gasteiger partial charge in [0.05, 0.1) is 0 Å². The van der Waals surface area contributed by atoms with Gasteiger partial charge in [-0.05, 0) is 37.1 Å². The molecule has 1 atom stereocenters. The minimum absolute atomic E-state index is 0. The van der Waals surface area contributed by atoms with E-state index >= 15 is 0 Å². The fourth-order valence-electron chi connectivity index (χ4n) is 1.83. The Bertz CT molecular complexity index is 267. The molecule has 1 nitrogen and oxygen atoms in total. The minimum Gasteiger partial charge on any atom is -0.310 e. The lowest BCUT2D eigenvalue weighted by Crippen LogP contribution is -2.26. The monoisotopic (exact) mass is 275 g/mol. The summed E-state index contributed by atoms with van der Waals surface area (Å²) >= 11 is 3.45. The van der Waals surface area contributed by atoms with Gasteiger partial charge in [0.15, 0.2) is 0 Å². The number of nitrogens with one attached hydrogen (secondary N) is 1. The van der Waals surface area contributed by atoms with Crippen molar-refractivity contribution in [1.29, 1.82) is 0 Å². The topological polar surface area (TPSA) is 12.0 Å². The normalized spacial score (nSPS) is 21.4. The average Bonchev–Trinajstić information content (AvgIpc) is 2.20. The summed E-state index contributed by atoms with van der Waals surface area (Å²) in [7, 11) is 0. The van der Waals surface area contributed by atoms with E-state index < -0.39 is 0 Å². The van der Waals surface area contributed by atoms with Crippen LogP contribution in [-0.4, -0.2) is 6.54 Å². The molecule has 0 aliphatic carbocycles. The molecule has 2 rings (SSSR count). The molecule has 1 heterocycles. The summed E-state index contributed by atoms with van der Waals surface area (Å²) in [4.78, 5) is 0. The predicted octanol–water partition coefficient (Wildman–Crippen LogP) is 3.69. The van der Waals surface area contributed by atoms with Crippen LogP contribution in [0.2, 0.25) is 0 Å². The third-order valence-electron chi connectivity index (χ3n) is 2.58. The second kappa shape index (κ2) is 5.74. The van der Waals surface area contributed by atoms with Crippen LogP contribution in [0.4, 0.5) is 0 Å². The van der Waals surface area contributed by atoms with Crippen LogP contribution in [0.25, 0.3) is 0 Å². The highest BCUT2D eigenvalue weighted by Gasteiger charge is 2.13. The van der Waals surface area contributed by atoms with Gasteiger partial charge in [-0.15, -0.1) is 12.4 Å². The first-order chi connectivity index (χ1) is 6.36. The van der Waals surface area contributed by atoms with Crippen molar-refractivity contribution in [3.63, 3.8) is 0 Å². The van der Waals surface area contributed by atoms with Crippen molar-refractivity contribution in [2.75, 3.05) is 6.54 Å². The third-order valence-corrected chi connectivity index (χ3v) is 3.11. The quantitative estimate of drug-likeness (QED) is 0.825. The molecule has 1 aromatic rings. The van der Waals surface area contributed by atoms with Gasteiger partial charge in [-0.25, -0.2) is 0 Å². The molecule has 14 heavy (non-hydrogen) atoms. The Balaban J connectivity index is 0.000000980. The molecule has 0 spiro atoms. The molecule has 1 unspecified atom stereocenters. The number of halogens is 2. The van der Waals surface area contributed by atoms with E-state index in [1.165, 1.54) is 31.4 Å². The Morgan fingerprint density at radius 3 is 2.43 bits per heavy atom. The summed E-state index contributed by atoms with van der Waals surface area (Å²) < 4.78 is 1.16. The molecule has 0 bridgehead atoms. The molecule has 1 N–H and O–H groups in total. The van der Waals surface area contributed by atoms with Crippen molar-refractivity contribution >= 4 is 28.3 Å². The number of hydrogen-bond donors (Lipinski definition) is 1. The molecular weight excluding hydrogens is 261 g/mol. The van der Waals surface area contributed by atoms with Crippen molar-refractivity contribution in [3.8, 4) is 0 Å². The molecule has 0 aromatic heterocycles. The second-order valence-corrected chi connectivity index (χ2v) is 4.47. The highest BCUT2D eigenvalue weighted by atomic mass is 79.9. The highest BCUT2D eigenvalue weighted by Crippen LogP contribution is 2.23. The Morgan fingerprint density at radius 1 is 1.14 bits per heavy atom. The average molecular weight is 277 g/mol. The summed E-state index contributed by atoms with van der Waals surface area (Å²) in [6, 6.07) is 9.22. The molecule has 1 aliphatic heterocycles. The van der Waals surface area contributed by atoms with Crippen molar-refractivity contribution < 1.29 is 0 Å². The van der Waals surface area contributed by atoms with E-state index in [0.29, 0.717) is 6.04 Å². The van der Waals surface area contributed by atoms with Gasteiger partial charge in [-0.1, -0.05) is 34.5 Å². The van der Waals surface area contributed by atoms with Crippen LogP contribution in [0.15, 0.2) is 28.7 Å². The molecule has 1 saturated heterocycles. The van der Waals surface area contributed by atoms with Gasteiger partial charge in [0.25, 0.3) is 0 Å². The minimum atomic E-state index is 0. The van der Waals surface area contributed by atoms with Crippen LogP contribution in [-0.2, 0) is 0 Å². The van der Waals surface area contributed by atoms with E-state index in [4.69, 9.17) is 0 Å². The number of benzene rings is 1. The van der Waals surface area contributed by atoms with Crippen LogP contribution in [0.5, 0.6) is 0 Å². The maximum atomic E-state index is 3.54. The van der Waals surface area contributed by atoms with Crippen molar-refractivity contribution in [2.45, 2.75) is 25.3 Å². The van der Waals surface area contributed by atoms with Crippen LogP contribution in [0.1, 0.15) is 30.9 Å². The van der Waals surface area contributed by atoms with Gasteiger partial charge >= 0.3 is 0 Å². The zero-order valence-corrected chi connectivity index (χ0v) is 10.4. The Hall–Kier alpha value is -0.0500. The first-order valence-electron chi connectivity index (χ1n) is 4.85. The zero-order valence-electron chi connectivity index (χ0n) is 8.00. The summed E-state index contributed by atoms with van der Waals surface area (Å²) in [6.07, 6.45) is 3.96. The molecule has 1 aliphatic rings. The Kier molecular flexibility index (Phi) is 4.93.